The number of benzene rings is 1. The Balaban J connectivity index is 1.61. The average Bonchev–Trinajstić information content (AvgIpc) is 2.95. The maximum absolute atomic E-state index is 12.3. The zero-order valence-corrected chi connectivity index (χ0v) is 12.9. The minimum Gasteiger partial charge on any atom is -0.333 e. The van der Waals surface area contributed by atoms with Crippen LogP contribution in [0.25, 0.3) is 0 Å². The molecule has 1 aliphatic heterocycles. The lowest BCUT2D eigenvalue weighted by Crippen LogP contribution is -2.35. The lowest BCUT2D eigenvalue weighted by atomic mass is 10.1. The largest absolute Gasteiger partial charge is 0.333 e. The molecule has 0 fully saturated rings. The van der Waals surface area contributed by atoms with Gasteiger partial charge >= 0.3 is 0 Å². The fraction of sp³-hybridized carbons (Fsp3) is 0.333. The molecule has 0 radical (unpaired) electrons. The fourth-order valence-corrected chi connectivity index (χ4v) is 2.93. The number of rotatable bonds is 4. The van der Waals surface area contributed by atoms with E-state index in [1.165, 1.54) is 0 Å². The summed E-state index contributed by atoms with van der Waals surface area (Å²) in [6, 6.07) is 5.16. The van der Waals surface area contributed by atoms with Crippen molar-refractivity contribution in [2.75, 3.05) is 13.1 Å². The molecule has 6 heteroatoms. The molecular formula is C15H15Cl2N3O. The van der Waals surface area contributed by atoms with Crippen LogP contribution in [0.15, 0.2) is 30.6 Å². The highest BCUT2D eigenvalue weighted by molar-refractivity contribution is 6.43. The number of halogens is 2. The quantitative estimate of drug-likeness (QED) is 0.810. The molecule has 2 heterocycles. The zero-order chi connectivity index (χ0) is 14.8. The van der Waals surface area contributed by atoms with Gasteiger partial charge < -0.3 is 4.57 Å². The Bertz CT molecular complexity index is 669. The van der Waals surface area contributed by atoms with Crippen LogP contribution in [0, 0.1) is 0 Å². The first-order chi connectivity index (χ1) is 10.1. The van der Waals surface area contributed by atoms with Gasteiger partial charge in [0, 0.05) is 44.0 Å². The maximum atomic E-state index is 12.3. The molecule has 1 aliphatic rings. The van der Waals surface area contributed by atoms with Gasteiger partial charge in [0.25, 0.3) is 0 Å². The van der Waals surface area contributed by atoms with Crippen LogP contribution in [0.4, 0.5) is 0 Å². The van der Waals surface area contributed by atoms with Gasteiger partial charge in [0.15, 0.2) is 5.78 Å². The number of carbonyl (C=O) groups is 1. The Morgan fingerprint density at radius 1 is 1.29 bits per heavy atom. The second-order valence-corrected chi connectivity index (χ2v) is 5.87. The zero-order valence-electron chi connectivity index (χ0n) is 11.4. The van der Waals surface area contributed by atoms with Gasteiger partial charge in [0.1, 0.15) is 5.82 Å². The Morgan fingerprint density at radius 3 is 3.00 bits per heavy atom. The SMILES string of the molecule is O=C(CCN1CCn2ccnc2C1)c1cccc(Cl)c1Cl. The van der Waals surface area contributed by atoms with Crippen molar-refractivity contribution in [3.8, 4) is 0 Å². The second-order valence-electron chi connectivity index (χ2n) is 5.09. The third-order valence-electron chi connectivity index (χ3n) is 3.73. The van der Waals surface area contributed by atoms with E-state index in [4.69, 9.17) is 23.2 Å². The Labute approximate surface area is 133 Å². The molecule has 0 saturated heterocycles. The van der Waals surface area contributed by atoms with Crippen LogP contribution < -0.4 is 0 Å². The lowest BCUT2D eigenvalue weighted by Gasteiger charge is -2.27. The van der Waals surface area contributed by atoms with Gasteiger partial charge in [-0.25, -0.2) is 4.98 Å². The lowest BCUT2D eigenvalue weighted by molar-refractivity contribution is 0.0955. The molecule has 0 amide bonds. The van der Waals surface area contributed by atoms with Gasteiger partial charge in [0.2, 0.25) is 0 Å². The second kappa shape index (κ2) is 6.18. The van der Waals surface area contributed by atoms with E-state index in [9.17, 15) is 4.79 Å². The smallest absolute Gasteiger partial charge is 0.165 e. The van der Waals surface area contributed by atoms with E-state index >= 15 is 0 Å². The highest BCUT2D eigenvalue weighted by atomic mass is 35.5. The molecule has 0 N–H and O–H groups in total. The van der Waals surface area contributed by atoms with Crippen molar-refractivity contribution in [2.24, 2.45) is 0 Å². The summed E-state index contributed by atoms with van der Waals surface area (Å²) in [5.74, 6) is 1.07. The molecule has 3 rings (SSSR count). The van der Waals surface area contributed by atoms with Crippen molar-refractivity contribution < 1.29 is 4.79 Å². The standard InChI is InChI=1S/C15H15Cl2N3O/c16-12-3-1-2-11(15(12)17)13(21)4-6-19-8-9-20-7-5-18-14(20)10-19/h1-3,5,7H,4,6,8-10H2. The Morgan fingerprint density at radius 2 is 2.14 bits per heavy atom. The van der Waals surface area contributed by atoms with Crippen LogP contribution in [0.5, 0.6) is 0 Å². The number of hydrogen-bond acceptors (Lipinski definition) is 3. The highest BCUT2D eigenvalue weighted by Gasteiger charge is 2.18. The summed E-state index contributed by atoms with van der Waals surface area (Å²) in [6.07, 6.45) is 4.24. The van der Waals surface area contributed by atoms with Crippen LogP contribution in [0.1, 0.15) is 22.6 Å². The number of Topliss-reactive ketones (excluding diaryl/α,β-unsaturated/α-hetero) is 1. The van der Waals surface area contributed by atoms with Gasteiger partial charge in [-0.05, 0) is 12.1 Å². The summed E-state index contributed by atoms with van der Waals surface area (Å²) >= 11 is 12.0. The summed E-state index contributed by atoms with van der Waals surface area (Å²) in [7, 11) is 0. The molecule has 1 aromatic heterocycles. The summed E-state index contributed by atoms with van der Waals surface area (Å²) < 4.78 is 2.14. The number of imidazole rings is 1. The van der Waals surface area contributed by atoms with E-state index < -0.39 is 0 Å². The van der Waals surface area contributed by atoms with Gasteiger partial charge in [-0.15, -0.1) is 0 Å². The molecule has 0 saturated carbocycles. The van der Waals surface area contributed by atoms with Gasteiger partial charge in [0.05, 0.1) is 16.6 Å². The van der Waals surface area contributed by atoms with Crippen molar-refractivity contribution in [3.63, 3.8) is 0 Å². The first kappa shape index (κ1) is 14.6. The number of hydrogen-bond donors (Lipinski definition) is 0. The van der Waals surface area contributed by atoms with Crippen LogP contribution in [-0.4, -0.2) is 33.3 Å². The van der Waals surface area contributed by atoms with Crippen LogP contribution in [-0.2, 0) is 13.1 Å². The summed E-state index contributed by atoms with van der Waals surface area (Å²) in [6.45, 7) is 3.33. The summed E-state index contributed by atoms with van der Waals surface area (Å²) in [4.78, 5) is 18.8. The average molecular weight is 324 g/mol. The number of carbonyl (C=O) groups excluding carboxylic acids is 1. The summed E-state index contributed by atoms with van der Waals surface area (Å²) in [5.41, 5.74) is 0.502. The fourth-order valence-electron chi connectivity index (χ4n) is 2.53. The maximum Gasteiger partial charge on any atom is 0.165 e. The van der Waals surface area contributed by atoms with E-state index in [1.54, 1.807) is 18.2 Å². The first-order valence-corrected chi connectivity index (χ1v) is 7.60. The molecule has 0 aliphatic carbocycles. The third kappa shape index (κ3) is 3.12. The molecule has 0 spiro atoms. The van der Waals surface area contributed by atoms with Crippen molar-refractivity contribution in [1.82, 2.24) is 14.5 Å². The van der Waals surface area contributed by atoms with E-state index in [2.05, 4.69) is 14.5 Å². The van der Waals surface area contributed by atoms with Crippen LogP contribution in [0.3, 0.4) is 0 Å². The third-order valence-corrected chi connectivity index (χ3v) is 4.55. The van der Waals surface area contributed by atoms with Crippen LogP contribution >= 0.6 is 23.2 Å². The predicted octanol–water partition coefficient (Wildman–Crippen LogP) is 3.28. The van der Waals surface area contributed by atoms with Crippen LogP contribution in [0.2, 0.25) is 10.0 Å². The first-order valence-electron chi connectivity index (χ1n) is 6.85. The minimum atomic E-state index is 0.0245. The molecule has 2 aromatic rings. The van der Waals surface area contributed by atoms with E-state index in [0.29, 0.717) is 28.6 Å². The predicted molar refractivity (Wildman–Crippen MR) is 82.9 cm³/mol. The molecule has 4 nitrogen and oxygen atoms in total. The Hall–Kier alpha value is -1.36. The number of fused-ring (bicyclic) bond motifs is 1. The van der Waals surface area contributed by atoms with E-state index in [1.807, 2.05) is 12.4 Å². The number of ketones is 1. The topological polar surface area (TPSA) is 38.1 Å². The highest BCUT2D eigenvalue weighted by Crippen LogP contribution is 2.26. The number of nitrogens with zero attached hydrogens (tertiary/aromatic N) is 3. The minimum absolute atomic E-state index is 0.0245. The van der Waals surface area contributed by atoms with Crippen molar-refractivity contribution >= 4 is 29.0 Å². The molecule has 21 heavy (non-hydrogen) atoms. The molecule has 0 unspecified atom stereocenters. The molecule has 0 atom stereocenters. The number of aromatic nitrogens is 2. The van der Waals surface area contributed by atoms with Gasteiger partial charge in [-0.1, -0.05) is 29.3 Å². The van der Waals surface area contributed by atoms with Gasteiger partial charge in [-0.2, -0.15) is 0 Å². The van der Waals surface area contributed by atoms with Crippen molar-refractivity contribution in [2.45, 2.75) is 19.5 Å². The molecular weight excluding hydrogens is 309 g/mol. The monoisotopic (exact) mass is 323 g/mol. The Kier molecular flexibility index (Phi) is 4.29. The van der Waals surface area contributed by atoms with E-state index in [-0.39, 0.29) is 5.78 Å². The summed E-state index contributed by atoms with van der Waals surface area (Å²) in [5, 5.41) is 0.765. The molecule has 0 bridgehead atoms. The molecule has 1 aromatic carbocycles. The van der Waals surface area contributed by atoms with Crippen molar-refractivity contribution in [3.05, 3.63) is 52.0 Å². The normalized spacial score (nSPS) is 15.0. The van der Waals surface area contributed by atoms with E-state index in [0.717, 1.165) is 25.5 Å². The van der Waals surface area contributed by atoms with Crippen molar-refractivity contribution in [1.29, 1.82) is 0 Å². The van der Waals surface area contributed by atoms with Gasteiger partial charge in [-0.3, -0.25) is 9.69 Å². The molecule has 110 valence electrons.